The summed E-state index contributed by atoms with van der Waals surface area (Å²) in [4.78, 5) is 26.1. The number of hydrogen-bond acceptors (Lipinski definition) is 4. The molecule has 1 aromatic carbocycles. The number of ether oxygens (including phenoxy) is 1. The van der Waals surface area contributed by atoms with Crippen LogP contribution in [0.3, 0.4) is 0 Å². The van der Waals surface area contributed by atoms with Gasteiger partial charge >= 0.3 is 0 Å². The van der Waals surface area contributed by atoms with E-state index < -0.39 is 0 Å². The van der Waals surface area contributed by atoms with Crippen molar-refractivity contribution in [2.75, 3.05) is 20.1 Å². The molecule has 0 aliphatic heterocycles. The van der Waals surface area contributed by atoms with E-state index in [2.05, 4.69) is 5.32 Å². The van der Waals surface area contributed by atoms with Crippen molar-refractivity contribution in [2.45, 2.75) is 26.4 Å². The zero-order valence-electron chi connectivity index (χ0n) is 14.8. The van der Waals surface area contributed by atoms with Gasteiger partial charge in [0.05, 0.1) is 17.5 Å². The second-order valence-electron chi connectivity index (χ2n) is 6.05. The average molecular weight is 360 g/mol. The summed E-state index contributed by atoms with van der Waals surface area (Å²) in [6, 6.07) is 11.4. The number of rotatable bonds is 8. The first-order valence-corrected chi connectivity index (χ1v) is 9.15. The van der Waals surface area contributed by atoms with Crippen LogP contribution in [-0.2, 0) is 11.2 Å². The van der Waals surface area contributed by atoms with Crippen molar-refractivity contribution < 1.29 is 14.3 Å². The van der Waals surface area contributed by atoms with Crippen LogP contribution in [0.5, 0.6) is 5.75 Å². The predicted octanol–water partition coefficient (Wildman–Crippen LogP) is 2.97. The maximum absolute atomic E-state index is 12.1. The highest BCUT2D eigenvalue weighted by Crippen LogP contribution is 2.14. The lowest BCUT2D eigenvalue weighted by atomic mass is 10.1. The number of nitrogens with one attached hydrogen (secondary N) is 1. The van der Waals surface area contributed by atoms with Crippen LogP contribution in [0.1, 0.15) is 29.1 Å². The molecule has 1 N–H and O–H groups in total. The Kier molecular flexibility index (Phi) is 7.01. The van der Waals surface area contributed by atoms with Gasteiger partial charge in [0.25, 0.3) is 5.91 Å². The third kappa shape index (κ3) is 6.23. The Bertz CT molecular complexity index is 681. The third-order valence-electron chi connectivity index (χ3n) is 3.49. The molecule has 2 aromatic rings. The summed E-state index contributed by atoms with van der Waals surface area (Å²) in [6.45, 7) is 4.56. The highest BCUT2D eigenvalue weighted by Gasteiger charge is 2.15. The van der Waals surface area contributed by atoms with Gasteiger partial charge in [-0.05, 0) is 49.4 Å². The minimum atomic E-state index is -0.160. The minimum Gasteiger partial charge on any atom is -0.491 e. The monoisotopic (exact) mass is 360 g/mol. The summed E-state index contributed by atoms with van der Waals surface area (Å²) in [7, 11) is 1.63. The zero-order chi connectivity index (χ0) is 18.2. The van der Waals surface area contributed by atoms with Gasteiger partial charge < -0.3 is 15.0 Å². The van der Waals surface area contributed by atoms with E-state index >= 15 is 0 Å². The molecule has 0 bridgehead atoms. The van der Waals surface area contributed by atoms with Crippen LogP contribution in [-0.4, -0.2) is 43.0 Å². The van der Waals surface area contributed by atoms with E-state index in [1.807, 2.05) is 49.6 Å². The van der Waals surface area contributed by atoms with Gasteiger partial charge in [-0.1, -0.05) is 18.2 Å². The number of likely N-dealkylation sites (N-methyl/N-ethyl adjacent to an activating group) is 1. The van der Waals surface area contributed by atoms with Crippen molar-refractivity contribution in [3.05, 3.63) is 52.2 Å². The van der Waals surface area contributed by atoms with Crippen molar-refractivity contribution >= 4 is 23.2 Å². The van der Waals surface area contributed by atoms with Crippen LogP contribution in [0.15, 0.2) is 41.8 Å². The number of benzene rings is 1. The topological polar surface area (TPSA) is 58.6 Å². The molecule has 6 heteroatoms. The molecular formula is C19H24N2O3S. The Morgan fingerprint density at radius 2 is 1.92 bits per heavy atom. The van der Waals surface area contributed by atoms with Gasteiger partial charge in [-0.15, -0.1) is 11.3 Å². The molecule has 0 saturated carbocycles. The van der Waals surface area contributed by atoms with Crippen molar-refractivity contribution in [3.63, 3.8) is 0 Å². The van der Waals surface area contributed by atoms with Gasteiger partial charge in [-0.3, -0.25) is 9.59 Å². The summed E-state index contributed by atoms with van der Waals surface area (Å²) < 4.78 is 5.60. The van der Waals surface area contributed by atoms with Gasteiger partial charge in [0.15, 0.2) is 0 Å². The molecule has 0 aliphatic rings. The summed E-state index contributed by atoms with van der Waals surface area (Å²) in [5.74, 6) is 0.551. The first-order valence-electron chi connectivity index (χ1n) is 8.27. The molecule has 0 radical (unpaired) electrons. The van der Waals surface area contributed by atoms with Crippen LogP contribution in [0.4, 0.5) is 0 Å². The Labute approximate surface area is 152 Å². The molecule has 1 aromatic heterocycles. The molecule has 0 unspecified atom stereocenters. The molecular weight excluding hydrogens is 336 g/mol. The smallest absolute Gasteiger partial charge is 0.264 e. The van der Waals surface area contributed by atoms with Crippen LogP contribution >= 0.6 is 11.3 Å². The van der Waals surface area contributed by atoms with E-state index in [4.69, 9.17) is 4.74 Å². The fourth-order valence-electron chi connectivity index (χ4n) is 2.28. The van der Waals surface area contributed by atoms with Gasteiger partial charge in [-0.25, -0.2) is 0 Å². The SMILES string of the molecule is CC(C)Oc1ccc(CCNC(=O)CN(C)C(=O)c2cccs2)cc1. The molecule has 1 heterocycles. The fraction of sp³-hybridized carbons (Fsp3) is 0.368. The van der Waals surface area contributed by atoms with E-state index in [1.165, 1.54) is 16.2 Å². The summed E-state index contributed by atoms with van der Waals surface area (Å²) in [6.07, 6.45) is 0.884. The molecule has 2 amide bonds. The Morgan fingerprint density at radius 3 is 2.52 bits per heavy atom. The highest BCUT2D eigenvalue weighted by molar-refractivity contribution is 7.12. The molecule has 25 heavy (non-hydrogen) atoms. The molecule has 0 atom stereocenters. The first-order chi connectivity index (χ1) is 12.0. The third-order valence-corrected chi connectivity index (χ3v) is 4.35. The van der Waals surface area contributed by atoms with Crippen LogP contribution in [0.2, 0.25) is 0 Å². The van der Waals surface area contributed by atoms with Gasteiger partial charge in [0.1, 0.15) is 5.75 Å². The maximum Gasteiger partial charge on any atom is 0.264 e. The van der Waals surface area contributed by atoms with Crippen LogP contribution < -0.4 is 10.1 Å². The zero-order valence-corrected chi connectivity index (χ0v) is 15.6. The highest BCUT2D eigenvalue weighted by atomic mass is 32.1. The van der Waals surface area contributed by atoms with E-state index in [9.17, 15) is 9.59 Å². The maximum atomic E-state index is 12.1. The molecule has 0 spiro atoms. The fourth-order valence-corrected chi connectivity index (χ4v) is 3.00. The van der Waals surface area contributed by atoms with E-state index in [0.29, 0.717) is 11.4 Å². The second kappa shape index (κ2) is 9.22. The Hall–Kier alpha value is -2.34. The van der Waals surface area contributed by atoms with E-state index in [-0.39, 0.29) is 24.5 Å². The van der Waals surface area contributed by atoms with Crippen molar-refractivity contribution in [3.8, 4) is 5.75 Å². The number of thiophene rings is 1. The van der Waals surface area contributed by atoms with Crippen molar-refractivity contribution in [1.29, 1.82) is 0 Å². The van der Waals surface area contributed by atoms with Crippen LogP contribution in [0, 0.1) is 0 Å². The second-order valence-corrected chi connectivity index (χ2v) is 7.00. The summed E-state index contributed by atoms with van der Waals surface area (Å²) in [5.41, 5.74) is 1.12. The number of nitrogens with zero attached hydrogens (tertiary/aromatic N) is 1. The van der Waals surface area contributed by atoms with E-state index in [1.54, 1.807) is 13.1 Å². The molecule has 0 saturated heterocycles. The van der Waals surface area contributed by atoms with Crippen LogP contribution in [0.25, 0.3) is 0 Å². The Morgan fingerprint density at radius 1 is 1.20 bits per heavy atom. The first kappa shape index (κ1) is 19.0. The number of hydrogen-bond donors (Lipinski definition) is 1. The van der Waals surface area contributed by atoms with Crippen molar-refractivity contribution in [2.24, 2.45) is 0 Å². The lowest BCUT2D eigenvalue weighted by molar-refractivity contribution is -0.121. The summed E-state index contributed by atoms with van der Waals surface area (Å²) in [5, 5.41) is 4.69. The van der Waals surface area contributed by atoms with Gasteiger partial charge in [0, 0.05) is 13.6 Å². The predicted molar refractivity (Wildman–Crippen MR) is 100 cm³/mol. The molecule has 0 fully saturated rings. The standard InChI is InChI=1S/C19H24N2O3S/c1-14(2)24-16-8-6-15(7-9-16)10-11-20-18(22)13-21(3)19(23)17-5-4-12-25-17/h4-9,12,14H,10-11,13H2,1-3H3,(H,20,22). The van der Waals surface area contributed by atoms with Gasteiger partial charge in [-0.2, -0.15) is 0 Å². The average Bonchev–Trinajstić information content (AvgIpc) is 3.09. The lowest BCUT2D eigenvalue weighted by Crippen LogP contribution is -2.38. The van der Waals surface area contributed by atoms with Gasteiger partial charge in [0.2, 0.25) is 5.91 Å². The quantitative estimate of drug-likeness (QED) is 0.787. The van der Waals surface area contributed by atoms with Crippen molar-refractivity contribution in [1.82, 2.24) is 10.2 Å². The molecule has 134 valence electrons. The number of amides is 2. The molecule has 0 aliphatic carbocycles. The molecule has 5 nitrogen and oxygen atoms in total. The summed E-state index contributed by atoms with van der Waals surface area (Å²) >= 11 is 1.37. The van der Waals surface area contributed by atoms with E-state index in [0.717, 1.165) is 17.7 Å². The number of carbonyl (C=O) groups is 2. The molecule has 2 rings (SSSR count). The Balaban J connectivity index is 1.72. The number of carbonyl (C=O) groups excluding carboxylic acids is 2. The minimum absolute atomic E-state index is 0.0535. The lowest BCUT2D eigenvalue weighted by Gasteiger charge is -2.16. The largest absolute Gasteiger partial charge is 0.491 e. The normalized spacial score (nSPS) is 10.6.